The molecule has 1 fully saturated rings. The number of benzene rings is 2. The van der Waals surface area contributed by atoms with Gasteiger partial charge in [-0.15, -0.1) is 0 Å². The third-order valence-corrected chi connectivity index (χ3v) is 6.31. The first-order valence-electron chi connectivity index (χ1n) is 8.15. The summed E-state index contributed by atoms with van der Waals surface area (Å²) in [6.45, 7) is -0.389. The molecule has 0 amide bonds. The van der Waals surface area contributed by atoms with E-state index in [9.17, 15) is 15.3 Å². The first-order chi connectivity index (χ1) is 12.9. The fraction of sp³-hybridized carbons (Fsp3) is 0.333. The van der Waals surface area contributed by atoms with E-state index in [0.717, 1.165) is 4.90 Å². The SMILES string of the molecule is OC[C@H]1O[C@H](Sc2ccc(Cl)c(Cl)c2)[C@H](O)[C@@H](Nc2cccc(Cl)c2)[C@H]1O. The highest BCUT2D eigenvalue weighted by Crippen LogP contribution is 2.36. The highest BCUT2D eigenvalue weighted by Gasteiger charge is 2.44. The van der Waals surface area contributed by atoms with Crippen molar-refractivity contribution in [3.63, 3.8) is 0 Å². The molecule has 1 aliphatic heterocycles. The van der Waals surface area contributed by atoms with Crippen LogP contribution in [0.15, 0.2) is 47.4 Å². The second-order valence-electron chi connectivity index (χ2n) is 6.08. The molecule has 9 heteroatoms. The Labute approximate surface area is 176 Å². The van der Waals surface area contributed by atoms with Crippen molar-refractivity contribution >= 4 is 52.3 Å². The number of hydrogen-bond donors (Lipinski definition) is 4. The number of hydrogen-bond acceptors (Lipinski definition) is 6. The second-order valence-corrected chi connectivity index (χ2v) is 8.50. The minimum Gasteiger partial charge on any atom is -0.394 e. The van der Waals surface area contributed by atoms with E-state index in [0.29, 0.717) is 20.8 Å². The van der Waals surface area contributed by atoms with Crippen molar-refractivity contribution in [2.24, 2.45) is 0 Å². The van der Waals surface area contributed by atoms with Crippen molar-refractivity contribution in [1.82, 2.24) is 0 Å². The van der Waals surface area contributed by atoms with Crippen LogP contribution < -0.4 is 5.32 Å². The van der Waals surface area contributed by atoms with E-state index in [-0.39, 0.29) is 6.61 Å². The maximum atomic E-state index is 10.8. The standard InChI is InChI=1S/C18H18Cl3NO4S/c19-9-2-1-3-10(6-9)22-15-16(24)14(8-23)26-18(17(15)25)27-11-4-5-12(20)13(21)7-11/h1-7,14-18,22-25H,8H2/t14-,15+,16+,17-,18-/m1/s1. The molecule has 0 aliphatic carbocycles. The van der Waals surface area contributed by atoms with Gasteiger partial charge in [0, 0.05) is 15.6 Å². The van der Waals surface area contributed by atoms with Crippen molar-refractivity contribution in [3.8, 4) is 0 Å². The molecule has 1 aliphatic rings. The molecule has 0 aromatic heterocycles. The van der Waals surface area contributed by atoms with E-state index < -0.39 is 29.8 Å². The third kappa shape index (κ3) is 5.02. The molecule has 27 heavy (non-hydrogen) atoms. The molecule has 2 aromatic rings. The number of aliphatic hydroxyl groups excluding tert-OH is 3. The Kier molecular flexibility index (Phi) is 7.16. The highest BCUT2D eigenvalue weighted by atomic mass is 35.5. The lowest BCUT2D eigenvalue weighted by atomic mass is 9.97. The summed E-state index contributed by atoms with van der Waals surface area (Å²) < 4.78 is 5.70. The molecular weight excluding hydrogens is 433 g/mol. The number of rotatable bonds is 5. The lowest BCUT2D eigenvalue weighted by Crippen LogP contribution is -2.60. The lowest BCUT2D eigenvalue weighted by Gasteiger charge is -2.42. The molecule has 3 rings (SSSR count). The van der Waals surface area contributed by atoms with Gasteiger partial charge in [0.2, 0.25) is 0 Å². The van der Waals surface area contributed by atoms with Gasteiger partial charge in [-0.25, -0.2) is 0 Å². The Balaban J connectivity index is 1.81. The third-order valence-electron chi connectivity index (χ3n) is 4.19. The van der Waals surface area contributed by atoms with E-state index in [4.69, 9.17) is 39.5 Å². The van der Waals surface area contributed by atoms with Crippen molar-refractivity contribution in [3.05, 3.63) is 57.5 Å². The summed E-state index contributed by atoms with van der Waals surface area (Å²) in [6, 6.07) is 11.3. The fourth-order valence-corrected chi connectivity index (χ4v) is 4.47. The van der Waals surface area contributed by atoms with Crippen LogP contribution >= 0.6 is 46.6 Å². The molecule has 0 bridgehead atoms. The molecule has 2 aromatic carbocycles. The van der Waals surface area contributed by atoms with Gasteiger partial charge in [-0.05, 0) is 36.4 Å². The predicted molar refractivity (Wildman–Crippen MR) is 109 cm³/mol. The van der Waals surface area contributed by atoms with Crippen LogP contribution in [0.4, 0.5) is 5.69 Å². The zero-order valence-corrected chi connectivity index (χ0v) is 17.0. The normalized spacial score (nSPS) is 28.1. The Morgan fingerprint density at radius 1 is 1.00 bits per heavy atom. The minimum absolute atomic E-state index is 0.388. The average Bonchev–Trinajstić information content (AvgIpc) is 2.64. The summed E-state index contributed by atoms with van der Waals surface area (Å²) >= 11 is 19.2. The number of nitrogens with one attached hydrogen (secondary N) is 1. The van der Waals surface area contributed by atoms with Crippen LogP contribution in [0.5, 0.6) is 0 Å². The smallest absolute Gasteiger partial charge is 0.136 e. The van der Waals surface area contributed by atoms with E-state index in [2.05, 4.69) is 5.32 Å². The Morgan fingerprint density at radius 2 is 1.78 bits per heavy atom. The van der Waals surface area contributed by atoms with Gasteiger partial charge in [0.15, 0.2) is 0 Å². The van der Waals surface area contributed by atoms with Crippen LogP contribution in [0, 0.1) is 0 Å². The van der Waals surface area contributed by atoms with Gasteiger partial charge in [0.05, 0.1) is 22.7 Å². The second kappa shape index (κ2) is 9.20. The molecule has 1 saturated heterocycles. The summed E-state index contributed by atoms with van der Waals surface area (Å²) in [6.07, 6.45) is -3.04. The number of halogens is 3. The van der Waals surface area contributed by atoms with Gasteiger partial charge in [-0.2, -0.15) is 0 Å². The van der Waals surface area contributed by atoms with E-state index in [1.165, 1.54) is 11.8 Å². The molecule has 146 valence electrons. The summed E-state index contributed by atoms with van der Waals surface area (Å²) in [4.78, 5) is 0.739. The van der Waals surface area contributed by atoms with Crippen molar-refractivity contribution in [1.29, 1.82) is 0 Å². The molecule has 0 unspecified atom stereocenters. The van der Waals surface area contributed by atoms with Crippen LogP contribution in [-0.2, 0) is 4.74 Å². The van der Waals surface area contributed by atoms with Gasteiger partial charge < -0.3 is 25.4 Å². The summed E-state index contributed by atoms with van der Waals surface area (Å²) in [5.41, 5.74) is -0.0954. The first kappa shape index (κ1) is 21.0. The van der Waals surface area contributed by atoms with Gasteiger partial charge in [0.1, 0.15) is 23.7 Å². The summed E-state index contributed by atoms with van der Waals surface area (Å²) in [5, 5.41) is 35.3. The summed E-state index contributed by atoms with van der Waals surface area (Å²) in [5.74, 6) is 0. The number of aliphatic hydroxyl groups is 3. The zero-order valence-electron chi connectivity index (χ0n) is 13.9. The zero-order chi connectivity index (χ0) is 19.6. The van der Waals surface area contributed by atoms with Crippen LogP contribution in [0.25, 0.3) is 0 Å². The maximum Gasteiger partial charge on any atom is 0.136 e. The predicted octanol–water partition coefficient (Wildman–Crippen LogP) is 3.66. The van der Waals surface area contributed by atoms with Gasteiger partial charge in [0.25, 0.3) is 0 Å². The van der Waals surface area contributed by atoms with Gasteiger partial charge in [-0.3, -0.25) is 0 Å². The van der Waals surface area contributed by atoms with Crippen molar-refractivity contribution in [2.75, 3.05) is 11.9 Å². The highest BCUT2D eigenvalue weighted by molar-refractivity contribution is 7.99. The van der Waals surface area contributed by atoms with E-state index in [1.54, 1.807) is 42.5 Å². The molecule has 0 radical (unpaired) electrons. The van der Waals surface area contributed by atoms with E-state index >= 15 is 0 Å². The van der Waals surface area contributed by atoms with E-state index in [1.807, 2.05) is 0 Å². The van der Waals surface area contributed by atoms with Gasteiger partial charge in [-0.1, -0.05) is 52.6 Å². The van der Waals surface area contributed by atoms with Crippen molar-refractivity contribution < 1.29 is 20.1 Å². The fourth-order valence-electron chi connectivity index (χ4n) is 2.81. The van der Waals surface area contributed by atoms with Crippen LogP contribution in [-0.4, -0.2) is 51.7 Å². The Bertz CT molecular complexity index is 797. The number of ether oxygens (including phenoxy) is 1. The Hall–Kier alpha value is -0.700. The lowest BCUT2D eigenvalue weighted by molar-refractivity contribution is -0.156. The molecule has 0 spiro atoms. The number of thioether (sulfide) groups is 1. The minimum atomic E-state index is -1.12. The molecule has 5 atom stereocenters. The molecule has 5 nitrogen and oxygen atoms in total. The van der Waals surface area contributed by atoms with Crippen molar-refractivity contribution in [2.45, 2.75) is 34.7 Å². The van der Waals surface area contributed by atoms with Gasteiger partial charge >= 0.3 is 0 Å². The van der Waals surface area contributed by atoms with Crippen LogP contribution in [0.3, 0.4) is 0 Å². The molecular formula is C18H18Cl3NO4S. The summed E-state index contributed by atoms with van der Waals surface area (Å²) in [7, 11) is 0. The average molecular weight is 451 g/mol. The first-order valence-corrected chi connectivity index (χ1v) is 10.2. The quantitative estimate of drug-likeness (QED) is 0.557. The largest absolute Gasteiger partial charge is 0.394 e. The number of anilines is 1. The topological polar surface area (TPSA) is 82.0 Å². The Morgan fingerprint density at radius 3 is 2.44 bits per heavy atom. The van der Waals surface area contributed by atoms with Crippen LogP contribution in [0.2, 0.25) is 15.1 Å². The van der Waals surface area contributed by atoms with Crippen LogP contribution in [0.1, 0.15) is 0 Å². The molecule has 4 N–H and O–H groups in total. The maximum absolute atomic E-state index is 10.8. The molecule has 0 saturated carbocycles. The monoisotopic (exact) mass is 449 g/mol. The molecule has 1 heterocycles.